The van der Waals surface area contributed by atoms with Crippen molar-refractivity contribution in [2.24, 2.45) is 11.8 Å². The Labute approximate surface area is 131 Å². The predicted octanol–water partition coefficient (Wildman–Crippen LogP) is 3.95. The summed E-state index contributed by atoms with van der Waals surface area (Å²) in [6, 6.07) is 0.857. The van der Waals surface area contributed by atoms with Gasteiger partial charge in [-0.05, 0) is 50.5 Å². The van der Waals surface area contributed by atoms with Crippen LogP contribution in [0, 0.1) is 11.8 Å². The van der Waals surface area contributed by atoms with Crippen LogP contribution in [0.2, 0.25) is 0 Å². The maximum Gasteiger partial charge on any atom is 0.0309 e. The molecule has 2 heteroatoms. The third-order valence-corrected chi connectivity index (χ3v) is 6.94. The number of rotatable bonds is 4. The van der Waals surface area contributed by atoms with Gasteiger partial charge in [-0.15, -0.1) is 0 Å². The van der Waals surface area contributed by atoms with Gasteiger partial charge >= 0.3 is 0 Å². The highest BCUT2D eigenvalue weighted by Crippen LogP contribution is 2.38. The van der Waals surface area contributed by atoms with Gasteiger partial charge < -0.3 is 5.32 Å². The normalized spacial score (nSPS) is 34.6. The Kier molecular flexibility index (Phi) is 4.28. The van der Waals surface area contributed by atoms with E-state index in [9.17, 15) is 0 Å². The van der Waals surface area contributed by atoms with E-state index in [0.717, 1.165) is 17.9 Å². The minimum atomic E-state index is 0.509. The lowest BCUT2D eigenvalue weighted by molar-refractivity contribution is 0.0360. The fourth-order valence-electron chi connectivity index (χ4n) is 5.38. The highest BCUT2D eigenvalue weighted by atomic mass is 15.3. The maximum atomic E-state index is 4.03. The highest BCUT2D eigenvalue weighted by Gasteiger charge is 2.43. The smallest absolute Gasteiger partial charge is 0.0309 e. The van der Waals surface area contributed by atoms with Crippen molar-refractivity contribution in [2.75, 3.05) is 19.6 Å². The summed E-state index contributed by atoms with van der Waals surface area (Å²) in [7, 11) is 0. The number of nitrogens with one attached hydrogen (secondary N) is 1. The molecule has 21 heavy (non-hydrogen) atoms. The minimum Gasteiger partial charge on any atom is -0.308 e. The molecule has 0 amide bonds. The van der Waals surface area contributed by atoms with Gasteiger partial charge in [-0.3, -0.25) is 4.90 Å². The average molecular weight is 290 g/mol. The molecule has 1 unspecified atom stereocenters. The van der Waals surface area contributed by atoms with Gasteiger partial charge in [0.05, 0.1) is 0 Å². The van der Waals surface area contributed by atoms with E-state index in [1.54, 1.807) is 0 Å². The van der Waals surface area contributed by atoms with E-state index in [1.807, 2.05) is 0 Å². The monoisotopic (exact) mass is 290 g/mol. The van der Waals surface area contributed by atoms with Crippen LogP contribution in [0.4, 0.5) is 0 Å². The maximum absolute atomic E-state index is 4.03. The molecule has 3 saturated carbocycles. The van der Waals surface area contributed by atoms with Crippen molar-refractivity contribution in [1.82, 2.24) is 10.2 Å². The van der Waals surface area contributed by atoms with Gasteiger partial charge in [0.15, 0.2) is 0 Å². The number of hydrogen-bond donors (Lipinski definition) is 1. The first-order chi connectivity index (χ1) is 10.3. The van der Waals surface area contributed by atoms with E-state index >= 15 is 0 Å². The molecule has 0 aromatic carbocycles. The standard InChI is InChI=1S/C19H34N2/c1-2-6-17(7-3-1)18-14-20-19(11-4-5-12-19)15-21(18)13-10-16-8-9-16/h16-18,20H,1-15H2. The Morgan fingerprint density at radius 3 is 2.38 bits per heavy atom. The van der Waals surface area contributed by atoms with Crippen molar-refractivity contribution in [3.8, 4) is 0 Å². The van der Waals surface area contributed by atoms with Gasteiger partial charge in [-0.2, -0.15) is 0 Å². The van der Waals surface area contributed by atoms with Crippen molar-refractivity contribution in [3.63, 3.8) is 0 Å². The largest absolute Gasteiger partial charge is 0.308 e. The Hall–Kier alpha value is -0.0800. The van der Waals surface area contributed by atoms with E-state index in [0.29, 0.717) is 5.54 Å². The van der Waals surface area contributed by atoms with E-state index in [-0.39, 0.29) is 0 Å². The van der Waals surface area contributed by atoms with E-state index in [2.05, 4.69) is 10.2 Å². The summed E-state index contributed by atoms with van der Waals surface area (Å²) >= 11 is 0. The topological polar surface area (TPSA) is 15.3 Å². The van der Waals surface area contributed by atoms with Crippen molar-refractivity contribution in [3.05, 3.63) is 0 Å². The van der Waals surface area contributed by atoms with Gasteiger partial charge in [0.25, 0.3) is 0 Å². The van der Waals surface area contributed by atoms with Gasteiger partial charge in [0, 0.05) is 24.7 Å². The summed E-state index contributed by atoms with van der Waals surface area (Å²) in [5, 5.41) is 4.03. The first-order valence-electron chi connectivity index (χ1n) is 9.84. The fourth-order valence-corrected chi connectivity index (χ4v) is 5.38. The van der Waals surface area contributed by atoms with Crippen LogP contribution in [0.1, 0.15) is 77.0 Å². The van der Waals surface area contributed by atoms with Crippen molar-refractivity contribution >= 4 is 0 Å². The fraction of sp³-hybridized carbons (Fsp3) is 1.00. The van der Waals surface area contributed by atoms with Crippen LogP contribution in [0.5, 0.6) is 0 Å². The Bertz CT molecular complexity index is 337. The van der Waals surface area contributed by atoms with Crippen LogP contribution in [-0.2, 0) is 0 Å². The van der Waals surface area contributed by atoms with Gasteiger partial charge in [-0.1, -0.05) is 44.9 Å². The molecule has 1 spiro atoms. The predicted molar refractivity (Wildman–Crippen MR) is 88.5 cm³/mol. The second kappa shape index (κ2) is 6.20. The molecule has 0 radical (unpaired) electrons. The zero-order valence-electron chi connectivity index (χ0n) is 13.8. The molecule has 4 aliphatic rings. The van der Waals surface area contributed by atoms with Crippen molar-refractivity contribution in [2.45, 2.75) is 88.6 Å². The Morgan fingerprint density at radius 1 is 0.905 bits per heavy atom. The molecule has 1 aliphatic heterocycles. The molecule has 120 valence electrons. The van der Waals surface area contributed by atoms with Gasteiger partial charge in [0.1, 0.15) is 0 Å². The first-order valence-corrected chi connectivity index (χ1v) is 9.84. The molecule has 3 aliphatic carbocycles. The Morgan fingerprint density at radius 2 is 1.67 bits per heavy atom. The van der Waals surface area contributed by atoms with Crippen LogP contribution in [-0.4, -0.2) is 36.1 Å². The second-order valence-corrected chi connectivity index (χ2v) is 8.54. The quantitative estimate of drug-likeness (QED) is 0.843. The van der Waals surface area contributed by atoms with Crippen LogP contribution >= 0.6 is 0 Å². The molecule has 1 heterocycles. The first kappa shape index (κ1) is 14.5. The third-order valence-electron chi connectivity index (χ3n) is 6.94. The average Bonchev–Trinajstić information content (AvgIpc) is 3.26. The lowest BCUT2D eigenvalue weighted by Gasteiger charge is -2.49. The number of nitrogens with zero attached hydrogens (tertiary/aromatic N) is 1. The lowest BCUT2D eigenvalue weighted by Crippen LogP contribution is -2.65. The molecular formula is C19H34N2. The molecule has 1 saturated heterocycles. The van der Waals surface area contributed by atoms with Crippen LogP contribution in [0.25, 0.3) is 0 Å². The van der Waals surface area contributed by atoms with Crippen LogP contribution < -0.4 is 5.32 Å². The molecule has 4 rings (SSSR count). The highest BCUT2D eigenvalue weighted by molar-refractivity contribution is 5.02. The molecule has 0 aromatic heterocycles. The van der Waals surface area contributed by atoms with E-state index in [1.165, 1.54) is 96.7 Å². The molecule has 0 bridgehead atoms. The van der Waals surface area contributed by atoms with E-state index in [4.69, 9.17) is 0 Å². The zero-order chi connectivity index (χ0) is 14.1. The van der Waals surface area contributed by atoms with Crippen LogP contribution in [0.3, 0.4) is 0 Å². The number of hydrogen-bond acceptors (Lipinski definition) is 2. The molecule has 0 aromatic rings. The summed E-state index contributed by atoms with van der Waals surface area (Å²) in [5.41, 5.74) is 0.509. The summed E-state index contributed by atoms with van der Waals surface area (Å²) < 4.78 is 0. The van der Waals surface area contributed by atoms with Crippen molar-refractivity contribution < 1.29 is 0 Å². The van der Waals surface area contributed by atoms with Crippen molar-refractivity contribution in [1.29, 1.82) is 0 Å². The second-order valence-electron chi connectivity index (χ2n) is 8.54. The summed E-state index contributed by atoms with van der Waals surface area (Å²) in [5.74, 6) is 2.08. The van der Waals surface area contributed by atoms with E-state index < -0.39 is 0 Å². The molecule has 2 nitrogen and oxygen atoms in total. The zero-order valence-corrected chi connectivity index (χ0v) is 13.8. The molecule has 1 atom stereocenters. The Balaban J connectivity index is 1.42. The summed E-state index contributed by atoms with van der Waals surface area (Å²) in [4.78, 5) is 2.95. The molecular weight excluding hydrogens is 256 g/mol. The molecule has 1 N–H and O–H groups in total. The number of piperazine rings is 1. The molecule has 4 fully saturated rings. The van der Waals surface area contributed by atoms with Crippen LogP contribution in [0.15, 0.2) is 0 Å². The SMILES string of the molecule is C1CCC(C2CNC3(CCCC3)CN2CCC2CC2)CC1. The minimum absolute atomic E-state index is 0.509. The third kappa shape index (κ3) is 3.32. The van der Waals surface area contributed by atoms with Gasteiger partial charge in [0.2, 0.25) is 0 Å². The van der Waals surface area contributed by atoms with Gasteiger partial charge in [-0.25, -0.2) is 0 Å². The summed E-state index contributed by atoms with van der Waals surface area (Å²) in [6.07, 6.45) is 17.8. The summed E-state index contributed by atoms with van der Waals surface area (Å²) in [6.45, 7) is 4.05. The lowest BCUT2D eigenvalue weighted by atomic mass is 9.80.